The van der Waals surface area contributed by atoms with Crippen molar-refractivity contribution in [1.82, 2.24) is 9.55 Å². The number of aryl methyl sites for hydroxylation is 1. The molecule has 1 heterocycles. The maximum absolute atomic E-state index is 4.33. The number of imidazole rings is 1. The minimum absolute atomic E-state index is 0.412. The van der Waals surface area contributed by atoms with Crippen LogP contribution in [0.15, 0.2) is 36.7 Å². The maximum Gasteiger partial charge on any atom is 0.207 e. The Kier molecular flexibility index (Phi) is 3.47. The Morgan fingerprint density at radius 2 is 1.94 bits per heavy atom. The van der Waals surface area contributed by atoms with Gasteiger partial charge in [-0.05, 0) is 38.0 Å². The van der Waals surface area contributed by atoms with Crippen molar-refractivity contribution in [3.63, 3.8) is 0 Å². The lowest BCUT2D eigenvalue weighted by molar-refractivity contribution is 0.608. The zero-order valence-corrected chi connectivity index (χ0v) is 10.6. The van der Waals surface area contributed by atoms with Crippen LogP contribution >= 0.6 is 0 Å². The molecular weight excluding hydrogens is 210 g/mol. The van der Waals surface area contributed by atoms with E-state index in [9.17, 15) is 0 Å². The first kappa shape index (κ1) is 11.7. The summed E-state index contributed by atoms with van der Waals surface area (Å²) in [5.74, 6) is 0.893. The molecule has 3 heteroatoms. The highest BCUT2D eigenvalue weighted by molar-refractivity contribution is 5.54. The van der Waals surface area contributed by atoms with Crippen molar-refractivity contribution in [2.75, 3.05) is 5.32 Å². The Bertz CT molecular complexity index is 468. The molecule has 3 nitrogen and oxygen atoms in total. The molecule has 0 radical (unpaired) electrons. The molecule has 1 N–H and O–H groups in total. The van der Waals surface area contributed by atoms with Gasteiger partial charge in [0, 0.05) is 24.1 Å². The Labute approximate surface area is 103 Å². The SMILES string of the molecule is CCc1ccc(Nc2nccn2C(C)C)cc1. The van der Waals surface area contributed by atoms with Gasteiger partial charge >= 0.3 is 0 Å². The quantitative estimate of drug-likeness (QED) is 0.864. The highest BCUT2D eigenvalue weighted by Crippen LogP contribution is 2.18. The van der Waals surface area contributed by atoms with Crippen LogP contribution in [0.4, 0.5) is 11.6 Å². The molecule has 0 aliphatic rings. The van der Waals surface area contributed by atoms with Crippen LogP contribution in [0.3, 0.4) is 0 Å². The van der Waals surface area contributed by atoms with Crippen molar-refractivity contribution in [3.05, 3.63) is 42.2 Å². The van der Waals surface area contributed by atoms with Gasteiger partial charge in [-0.1, -0.05) is 19.1 Å². The molecule has 1 aromatic heterocycles. The van der Waals surface area contributed by atoms with Gasteiger partial charge in [-0.15, -0.1) is 0 Å². The largest absolute Gasteiger partial charge is 0.326 e. The Hall–Kier alpha value is -1.77. The summed E-state index contributed by atoms with van der Waals surface area (Å²) in [6.07, 6.45) is 4.89. The van der Waals surface area contributed by atoms with Gasteiger partial charge in [-0.3, -0.25) is 0 Å². The average molecular weight is 229 g/mol. The van der Waals surface area contributed by atoms with Gasteiger partial charge in [0.25, 0.3) is 0 Å². The first-order chi connectivity index (χ1) is 8.20. The molecule has 0 aliphatic carbocycles. The first-order valence-corrected chi connectivity index (χ1v) is 6.09. The van der Waals surface area contributed by atoms with E-state index < -0.39 is 0 Å². The molecule has 0 aliphatic heterocycles. The summed E-state index contributed by atoms with van der Waals surface area (Å²) in [6.45, 7) is 6.45. The van der Waals surface area contributed by atoms with Gasteiger partial charge < -0.3 is 9.88 Å². The van der Waals surface area contributed by atoms with E-state index in [2.05, 4.69) is 59.9 Å². The molecule has 0 spiro atoms. The predicted molar refractivity (Wildman–Crippen MR) is 71.7 cm³/mol. The summed E-state index contributed by atoms with van der Waals surface area (Å²) in [5, 5.41) is 3.34. The minimum atomic E-state index is 0.412. The van der Waals surface area contributed by atoms with Crippen molar-refractivity contribution in [2.24, 2.45) is 0 Å². The van der Waals surface area contributed by atoms with Gasteiger partial charge in [0.2, 0.25) is 5.95 Å². The highest BCUT2D eigenvalue weighted by atomic mass is 15.2. The zero-order valence-electron chi connectivity index (χ0n) is 10.6. The molecule has 0 amide bonds. The standard InChI is InChI=1S/C14H19N3/c1-4-12-5-7-13(8-6-12)16-14-15-9-10-17(14)11(2)3/h5-11H,4H2,1-3H3,(H,15,16). The van der Waals surface area contributed by atoms with Crippen molar-refractivity contribution in [3.8, 4) is 0 Å². The Morgan fingerprint density at radius 3 is 2.53 bits per heavy atom. The maximum atomic E-state index is 4.33. The fourth-order valence-electron chi connectivity index (χ4n) is 1.78. The smallest absolute Gasteiger partial charge is 0.207 e. The molecule has 0 atom stereocenters. The average Bonchev–Trinajstić information content (AvgIpc) is 2.78. The third kappa shape index (κ3) is 2.67. The van der Waals surface area contributed by atoms with Gasteiger partial charge in [-0.25, -0.2) is 4.98 Å². The summed E-state index contributed by atoms with van der Waals surface area (Å²) in [4.78, 5) is 4.33. The lowest BCUT2D eigenvalue weighted by atomic mass is 10.1. The number of benzene rings is 1. The molecule has 0 saturated carbocycles. The summed E-state index contributed by atoms with van der Waals surface area (Å²) >= 11 is 0. The second kappa shape index (κ2) is 5.04. The summed E-state index contributed by atoms with van der Waals surface area (Å²) in [7, 11) is 0. The molecular formula is C14H19N3. The fourth-order valence-corrected chi connectivity index (χ4v) is 1.78. The molecule has 0 bridgehead atoms. The summed E-state index contributed by atoms with van der Waals surface area (Å²) in [5.41, 5.74) is 2.43. The Morgan fingerprint density at radius 1 is 1.24 bits per heavy atom. The van der Waals surface area contributed by atoms with Crippen molar-refractivity contribution in [2.45, 2.75) is 33.2 Å². The Balaban J connectivity index is 2.16. The number of hydrogen-bond donors (Lipinski definition) is 1. The van der Waals surface area contributed by atoms with Gasteiger partial charge in [0.05, 0.1) is 0 Å². The van der Waals surface area contributed by atoms with Gasteiger partial charge in [0.15, 0.2) is 0 Å². The molecule has 17 heavy (non-hydrogen) atoms. The monoisotopic (exact) mass is 229 g/mol. The predicted octanol–water partition coefficient (Wildman–Crippen LogP) is 3.77. The van der Waals surface area contributed by atoms with E-state index in [4.69, 9.17) is 0 Å². The number of nitrogens with zero attached hydrogens (tertiary/aromatic N) is 2. The van der Waals surface area contributed by atoms with Gasteiger partial charge in [0.1, 0.15) is 0 Å². The third-order valence-corrected chi connectivity index (χ3v) is 2.84. The van der Waals surface area contributed by atoms with E-state index in [1.54, 1.807) is 0 Å². The second-order valence-corrected chi connectivity index (χ2v) is 4.43. The minimum Gasteiger partial charge on any atom is -0.326 e. The van der Waals surface area contributed by atoms with Gasteiger partial charge in [-0.2, -0.15) is 0 Å². The molecule has 1 aromatic carbocycles. The lowest BCUT2D eigenvalue weighted by Gasteiger charge is -2.12. The molecule has 0 fully saturated rings. The van der Waals surface area contributed by atoms with Crippen LogP contribution in [-0.4, -0.2) is 9.55 Å². The topological polar surface area (TPSA) is 29.9 Å². The number of aromatic nitrogens is 2. The summed E-state index contributed by atoms with van der Waals surface area (Å²) in [6, 6.07) is 8.89. The van der Waals surface area contributed by atoms with E-state index in [0.717, 1.165) is 18.1 Å². The molecule has 0 saturated heterocycles. The van der Waals surface area contributed by atoms with E-state index >= 15 is 0 Å². The van der Waals surface area contributed by atoms with E-state index in [1.165, 1.54) is 5.56 Å². The summed E-state index contributed by atoms with van der Waals surface area (Å²) < 4.78 is 2.12. The first-order valence-electron chi connectivity index (χ1n) is 6.09. The van der Waals surface area contributed by atoms with Crippen molar-refractivity contribution in [1.29, 1.82) is 0 Å². The molecule has 90 valence electrons. The fraction of sp³-hybridized carbons (Fsp3) is 0.357. The van der Waals surface area contributed by atoms with Crippen molar-refractivity contribution < 1.29 is 0 Å². The molecule has 2 rings (SSSR count). The van der Waals surface area contributed by atoms with Crippen molar-refractivity contribution >= 4 is 11.6 Å². The van der Waals surface area contributed by atoms with E-state index in [0.29, 0.717) is 6.04 Å². The number of rotatable bonds is 4. The second-order valence-electron chi connectivity index (χ2n) is 4.43. The zero-order chi connectivity index (χ0) is 12.3. The van der Waals surface area contributed by atoms with Crippen LogP contribution in [0.1, 0.15) is 32.4 Å². The van der Waals surface area contributed by atoms with Crippen LogP contribution in [0.25, 0.3) is 0 Å². The van der Waals surface area contributed by atoms with Crippen LogP contribution in [-0.2, 0) is 6.42 Å². The lowest BCUT2D eigenvalue weighted by Crippen LogP contribution is -2.05. The normalized spacial score (nSPS) is 10.8. The van der Waals surface area contributed by atoms with Crippen LogP contribution in [0.5, 0.6) is 0 Å². The molecule has 0 unspecified atom stereocenters. The van der Waals surface area contributed by atoms with E-state index in [-0.39, 0.29) is 0 Å². The number of nitrogens with one attached hydrogen (secondary N) is 1. The molecule has 2 aromatic rings. The third-order valence-electron chi connectivity index (χ3n) is 2.84. The van der Waals surface area contributed by atoms with Crippen LogP contribution in [0, 0.1) is 0 Å². The number of anilines is 2. The number of hydrogen-bond acceptors (Lipinski definition) is 2. The van der Waals surface area contributed by atoms with Crippen LogP contribution < -0.4 is 5.32 Å². The highest BCUT2D eigenvalue weighted by Gasteiger charge is 2.05. The van der Waals surface area contributed by atoms with Crippen LogP contribution in [0.2, 0.25) is 0 Å². The van der Waals surface area contributed by atoms with E-state index in [1.807, 2.05) is 12.4 Å².